The van der Waals surface area contributed by atoms with Gasteiger partial charge in [-0.15, -0.1) is 11.3 Å². The molecule has 0 bridgehead atoms. The number of halogens is 2. The van der Waals surface area contributed by atoms with Crippen molar-refractivity contribution in [1.29, 1.82) is 0 Å². The van der Waals surface area contributed by atoms with E-state index >= 15 is 0 Å². The van der Waals surface area contributed by atoms with Gasteiger partial charge in [-0.25, -0.2) is 13.8 Å². The van der Waals surface area contributed by atoms with E-state index in [9.17, 15) is 18.4 Å². The topological polar surface area (TPSA) is 71.5 Å². The van der Waals surface area contributed by atoms with Gasteiger partial charge in [-0.3, -0.25) is 14.9 Å². The molecule has 1 aromatic heterocycles. The summed E-state index contributed by atoms with van der Waals surface area (Å²) < 4.78 is 33.9. The van der Waals surface area contributed by atoms with Crippen LogP contribution in [-0.4, -0.2) is 28.8 Å². The van der Waals surface area contributed by atoms with Crippen molar-refractivity contribution >= 4 is 28.3 Å². The van der Waals surface area contributed by atoms with Gasteiger partial charge in [0.2, 0.25) is 0 Å². The number of benzene rings is 2. The van der Waals surface area contributed by atoms with Crippen LogP contribution in [0.1, 0.15) is 46.9 Å². The number of thiazole rings is 1. The number of amides is 2. The van der Waals surface area contributed by atoms with Crippen molar-refractivity contribution < 1.29 is 23.1 Å². The predicted octanol–water partition coefficient (Wildman–Crippen LogP) is 5.10. The Labute approximate surface area is 188 Å². The number of carbonyl (C=O) groups excluding carboxylic acids is 2. The highest BCUT2D eigenvalue weighted by atomic mass is 32.1. The standard InChI is InChI=1S/C21H17F2N3O3S.C2H6/c1-11-7-13-15(16(23)8-11)10-26(20(13)28)18(19(27)25-21-24-5-6-30-21)14-9-12(22)3-4-17(14)29-2;1-2/h3-9,18H,10H2,1-2H3,(H,24,25,27);1-2H3. The van der Waals surface area contributed by atoms with Crippen molar-refractivity contribution in [1.82, 2.24) is 9.88 Å². The van der Waals surface area contributed by atoms with Crippen molar-refractivity contribution in [2.24, 2.45) is 0 Å². The van der Waals surface area contributed by atoms with Crippen LogP contribution in [0.3, 0.4) is 0 Å². The van der Waals surface area contributed by atoms with E-state index in [-0.39, 0.29) is 29.0 Å². The van der Waals surface area contributed by atoms with Gasteiger partial charge in [0, 0.05) is 28.3 Å². The van der Waals surface area contributed by atoms with Gasteiger partial charge in [-0.1, -0.05) is 13.8 Å². The van der Waals surface area contributed by atoms with Gasteiger partial charge in [-0.2, -0.15) is 0 Å². The summed E-state index contributed by atoms with van der Waals surface area (Å²) >= 11 is 1.20. The van der Waals surface area contributed by atoms with Crippen LogP contribution in [0.2, 0.25) is 0 Å². The summed E-state index contributed by atoms with van der Waals surface area (Å²) in [6.07, 6.45) is 1.52. The highest BCUT2D eigenvalue weighted by molar-refractivity contribution is 7.13. The summed E-state index contributed by atoms with van der Waals surface area (Å²) in [5, 5.41) is 4.65. The van der Waals surface area contributed by atoms with Crippen LogP contribution < -0.4 is 10.1 Å². The van der Waals surface area contributed by atoms with Crippen molar-refractivity contribution in [3.63, 3.8) is 0 Å². The first-order chi connectivity index (χ1) is 15.4. The van der Waals surface area contributed by atoms with E-state index in [1.807, 2.05) is 13.8 Å². The number of fused-ring (bicyclic) bond motifs is 1. The smallest absolute Gasteiger partial charge is 0.255 e. The lowest BCUT2D eigenvalue weighted by Gasteiger charge is -2.28. The quantitative estimate of drug-likeness (QED) is 0.576. The number of hydrogen-bond acceptors (Lipinski definition) is 5. The van der Waals surface area contributed by atoms with Crippen molar-refractivity contribution in [3.8, 4) is 5.75 Å². The Morgan fingerprint density at radius 3 is 2.66 bits per heavy atom. The molecule has 2 amide bonds. The highest BCUT2D eigenvalue weighted by Crippen LogP contribution is 2.37. The van der Waals surface area contributed by atoms with Crippen LogP contribution in [-0.2, 0) is 11.3 Å². The lowest BCUT2D eigenvalue weighted by Crippen LogP contribution is -2.38. The van der Waals surface area contributed by atoms with Crippen LogP contribution in [0.4, 0.5) is 13.9 Å². The molecular weight excluding hydrogens is 436 g/mol. The van der Waals surface area contributed by atoms with Gasteiger partial charge < -0.3 is 9.64 Å². The van der Waals surface area contributed by atoms with E-state index in [0.29, 0.717) is 10.7 Å². The minimum atomic E-state index is -1.25. The third-order valence-corrected chi connectivity index (χ3v) is 5.56. The molecule has 9 heteroatoms. The maximum atomic E-state index is 14.5. The van der Waals surface area contributed by atoms with E-state index < -0.39 is 29.5 Å². The minimum Gasteiger partial charge on any atom is -0.496 e. The summed E-state index contributed by atoms with van der Waals surface area (Å²) in [5.74, 6) is -2.00. The molecule has 0 aliphatic carbocycles. The monoisotopic (exact) mass is 459 g/mol. The molecule has 1 unspecified atom stereocenters. The average Bonchev–Trinajstić information content (AvgIpc) is 3.39. The van der Waals surface area contributed by atoms with E-state index in [4.69, 9.17) is 4.74 Å². The number of nitrogens with zero attached hydrogens (tertiary/aromatic N) is 2. The molecule has 0 spiro atoms. The summed E-state index contributed by atoms with van der Waals surface area (Å²) in [7, 11) is 1.39. The molecule has 0 radical (unpaired) electrons. The summed E-state index contributed by atoms with van der Waals surface area (Å²) in [4.78, 5) is 31.6. The van der Waals surface area contributed by atoms with Gasteiger partial charge in [-0.05, 0) is 42.8 Å². The first-order valence-electron chi connectivity index (χ1n) is 10.0. The van der Waals surface area contributed by atoms with Gasteiger partial charge in [0.25, 0.3) is 11.8 Å². The SMILES string of the molecule is CC.COc1ccc(F)cc1C(C(=O)Nc1nccs1)N1Cc2c(F)cc(C)cc2C1=O. The Morgan fingerprint density at radius 1 is 1.25 bits per heavy atom. The largest absolute Gasteiger partial charge is 0.496 e. The molecule has 3 aromatic rings. The van der Waals surface area contributed by atoms with Crippen LogP contribution in [0, 0.1) is 18.6 Å². The maximum absolute atomic E-state index is 14.5. The summed E-state index contributed by atoms with van der Waals surface area (Å²) in [6.45, 7) is 5.55. The zero-order chi connectivity index (χ0) is 23.4. The molecular formula is C23H23F2N3O3S. The third kappa shape index (κ3) is 4.47. The summed E-state index contributed by atoms with van der Waals surface area (Å²) in [5.41, 5.74) is 1.14. The number of methoxy groups -OCH3 is 1. The van der Waals surface area contributed by atoms with Gasteiger partial charge in [0.05, 0.1) is 13.7 Å². The number of nitrogens with one attached hydrogen (secondary N) is 1. The van der Waals surface area contributed by atoms with E-state index in [0.717, 1.165) is 6.07 Å². The number of aromatic nitrogens is 1. The van der Waals surface area contributed by atoms with E-state index in [1.54, 1.807) is 18.4 Å². The molecule has 0 saturated heterocycles. The lowest BCUT2D eigenvalue weighted by molar-refractivity contribution is -0.120. The number of carbonyl (C=O) groups is 2. The van der Waals surface area contributed by atoms with Gasteiger partial charge in [0.1, 0.15) is 23.4 Å². The number of rotatable bonds is 5. The molecule has 4 rings (SSSR count). The fourth-order valence-corrected chi connectivity index (χ4v) is 4.09. The Kier molecular flexibility index (Phi) is 7.19. The second-order valence-corrected chi connectivity index (χ2v) is 7.72. The predicted molar refractivity (Wildman–Crippen MR) is 119 cm³/mol. The second kappa shape index (κ2) is 9.86. The zero-order valence-corrected chi connectivity index (χ0v) is 18.9. The average molecular weight is 460 g/mol. The molecule has 1 aliphatic heterocycles. The molecule has 168 valence electrons. The van der Waals surface area contributed by atoms with Crippen molar-refractivity contribution in [3.05, 3.63) is 75.8 Å². The first-order valence-corrected chi connectivity index (χ1v) is 10.9. The Morgan fingerprint density at radius 2 is 2.00 bits per heavy atom. The molecule has 2 aromatic carbocycles. The molecule has 6 nitrogen and oxygen atoms in total. The van der Waals surface area contributed by atoms with Gasteiger partial charge in [0.15, 0.2) is 5.13 Å². The zero-order valence-electron chi connectivity index (χ0n) is 18.1. The number of aryl methyl sites for hydroxylation is 1. The minimum absolute atomic E-state index is 0.129. The normalized spacial score (nSPS) is 13.2. The Hall–Kier alpha value is -3.33. The maximum Gasteiger partial charge on any atom is 0.255 e. The number of ether oxygens (including phenoxy) is 1. The molecule has 2 heterocycles. The molecule has 0 fully saturated rings. The third-order valence-electron chi connectivity index (χ3n) is 4.87. The van der Waals surface area contributed by atoms with Crippen LogP contribution in [0.25, 0.3) is 0 Å². The Balaban J connectivity index is 0.00000141. The first kappa shape index (κ1) is 23.3. The molecule has 1 aliphatic rings. The number of anilines is 1. The fourth-order valence-electron chi connectivity index (χ4n) is 3.56. The molecule has 1 N–H and O–H groups in total. The van der Waals surface area contributed by atoms with Crippen molar-refractivity contribution in [2.75, 3.05) is 12.4 Å². The molecule has 1 atom stereocenters. The lowest BCUT2D eigenvalue weighted by atomic mass is 10.0. The van der Waals surface area contributed by atoms with E-state index in [2.05, 4.69) is 10.3 Å². The van der Waals surface area contributed by atoms with E-state index in [1.165, 1.54) is 47.7 Å². The van der Waals surface area contributed by atoms with Crippen molar-refractivity contribution in [2.45, 2.75) is 33.4 Å². The Bertz CT molecular complexity index is 1140. The highest BCUT2D eigenvalue weighted by Gasteiger charge is 2.40. The van der Waals surface area contributed by atoms with Crippen LogP contribution in [0.15, 0.2) is 41.9 Å². The van der Waals surface area contributed by atoms with Crippen LogP contribution >= 0.6 is 11.3 Å². The fraction of sp³-hybridized carbons (Fsp3) is 0.261. The molecule has 0 saturated carbocycles. The second-order valence-electron chi connectivity index (χ2n) is 6.82. The summed E-state index contributed by atoms with van der Waals surface area (Å²) in [6, 6.07) is 5.39. The van der Waals surface area contributed by atoms with Crippen LogP contribution in [0.5, 0.6) is 5.75 Å². The van der Waals surface area contributed by atoms with Gasteiger partial charge >= 0.3 is 0 Å². The molecule has 32 heavy (non-hydrogen) atoms. The number of hydrogen-bond donors (Lipinski definition) is 1.